The Morgan fingerprint density at radius 1 is 1.38 bits per heavy atom. The summed E-state index contributed by atoms with van der Waals surface area (Å²) >= 11 is 10.2. The highest BCUT2D eigenvalue weighted by Gasteiger charge is 2.01. The predicted molar refractivity (Wildman–Crippen MR) is 61.6 cm³/mol. The van der Waals surface area contributed by atoms with Crippen LogP contribution >= 0.6 is 24.2 Å². The number of benzene rings is 1. The third-order valence-corrected chi connectivity index (χ3v) is 2.45. The summed E-state index contributed by atoms with van der Waals surface area (Å²) in [4.78, 5) is 2.20. The summed E-state index contributed by atoms with van der Waals surface area (Å²) in [5, 5.41) is 0.841. The van der Waals surface area contributed by atoms with Gasteiger partial charge in [0.15, 0.2) is 0 Å². The van der Waals surface area contributed by atoms with Crippen molar-refractivity contribution in [3.05, 3.63) is 34.9 Å². The molecule has 0 aromatic heterocycles. The molecule has 0 bridgehead atoms. The van der Waals surface area contributed by atoms with Gasteiger partial charge in [0.05, 0.1) is 0 Å². The van der Waals surface area contributed by atoms with Crippen molar-refractivity contribution >= 4 is 24.2 Å². The zero-order valence-electron chi connectivity index (χ0n) is 7.70. The minimum Gasteiger partial charge on any atom is -0.301 e. The maximum absolute atomic E-state index is 6.02. The molecule has 0 unspecified atom stereocenters. The van der Waals surface area contributed by atoms with Gasteiger partial charge in [0, 0.05) is 23.9 Å². The van der Waals surface area contributed by atoms with Crippen LogP contribution in [0.3, 0.4) is 0 Å². The molecule has 72 valence electrons. The van der Waals surface area contributed by atoms with E-state index in [1.165, 1.54) is 5.56 Å². The Morgan fingerprint density at radius 3 is 2.69 bits per heavy atom. The number of halogens is 1. The summed E-state index contributed by atoms with van der Waals surface area (Å²) in [6, 6.07) is 7.93. The topological polar surface area (TPSA) is 3.24 Å². The van der Waals surface area contributed by atoms with E-state index in [0.717, 1.165) is 23.9 Å². The van der Waals surface area contributed by atoms with Crippen molar-refractivity contribution in [3.8, 4) is 0 Å². The normalized spacial score (nSPS) is 10.8. The number of hydrogen-bond donors (Lipinski definition) is 1. The zero-order valence-corrected chi connectivity index (χ0v) is 9.35. The Morgan fingerprint density at radius 2 is 2.08 bits per heavy atom. The molecule has 0 radical (unpaired) electrons. The fourth-order valence-corrected chi connectivity index (χ4v) is 1.70. The standard InChI is InChI=1S/C10H14ClNS/c1-12(6-7-13)8-9-4-2-3-5-10(9)11/h2-5,13H,6-8H2,1H3. The van der Waals surface area contributed by atoms with Crippen molar-refractivity contribution < 1.29 is 0 Å². The fraction of sp³-hybridized carbons (Fsp3) is 0.400. The second-order valence-corrected chi connectivity index (χ2v) is 3.91. The molecule has 0 aliphatic heterocycles. The van der Waals surface area contributed by atoms with Gasteiger partial charge >= 0.3 is 0 Å². The maximum Gasteiger partial charge on any atom is 0.0451 e. The van der Waals surface area contributed by atoms with E-state index in [2.05, 4.69) is 30.6 Å². The second kappa shape index (κ2) is 5.53. The maximum atomic E-state index is 6.02. The molecule has 0 aliphatic rings. The van der Waals surface area contributed by atoms with Gasteiger partial charge < -0.3 is 4.90 Å². The average Bonchev–Trinajstić information content (AvgIpc) is 2.09. The molecule has 1 rings (SSSR count). The largest absolute Gasteiger partial charge is 0.301 e. The van der Waals surface area contributed by atoms with Crippen LogP contribution in [-0.4, -0.2) is 24.2 Å². The minimum atomic E-state index is 0.841. The van der Waals surface area contributed by atoms with Gasteiger partial charge in [-0.25, -0.2) is 0 Å². The van der Waals surface area contributed by atoms with Gasteiger partial charge in [-0.3, -0.25) is 0 Å². The van der Waals surface area contributed by atoms with E-state index in [1.54, 1.807) is 0 Å². The highest BCUT2D eigenvalue weighted by molar-refractivity contribution is 7.80. The highest BCUT2D eigenvalue weighted by Crippen LogP contribution is 2.16. The summed E-state index contributed by atoms with van der Waals surface area (Å²) in [6.45, 7) is 1.87. The van der Waals surface area contributed by atoms with E-state index in [0.29, 0.717) is 0 Å². The SMILES string of the molecule is CN(CCS)Cc1ccccc1Cl. The molecule has 0 spiro atoms. The Kier molecular flexibility index (Phi) is 4.64. The summed E-state index contributed by atoms with van der Waals surface area (Å²) in [5.41, 5.74) is 1.17. The van der Waals surface area contributed by atoms with Crippen LogP contribution in [-0.2, 0) is 6.54 Å². The fourth-order valence-electron chi connectivity index (χ4n) is 1.17. The summed E-state index contributed by atoms with van der Waals surface area (Å²) < 4.78 is 0. The molecule has 0 N–H and O–H groups in total. The van der Waals surface area contributed by atoms with E-state index in [4.69, 9.17) is 11.6 Å². The van der Waals surface area contributed by atoms with Crippen LogP contribution in [0.5, 0.6) is 0 Å². The van der Waals surface area contributed by atoms with Crippen LogP contribution in [0.4, 0.5) is 0 Å². The molecule has 0 saturated heterocycles. The van der Waals surface area contributed by atoms with E-state index < -0.39 is 0 Å². The van der Waals surface area contributed by atoms with Gasteiger partial charge in [0.25, 0.3) is 0 Å². The third kappa shape index (κ3) is 3.59. The first-order valence-corrected chi connectivity index (χ1v) is 5.28. The molecule has 1 aromatic carbocycles. The number of hydrogen-bond acceptors (Lipinski definition) is 2. The molecule has 3 heteroatoms. The van der Waals surface area contributed by atoms with E-state index in [-0.39, 0.29) is 0 Å². The van der Waals surface area contributed by atoms with Gasteiger partial charge in [0.1, 0.15) is 0 Å². The lowest BCUT2D eigenvalue weighted by Crippen LogP contribution is -2.20. The molecule has 1 aromatic rings. The zero-order chi connectivity index (χ0) is 9.68. The van der Waals surface area contributed by atoms with Crippen molar-refractivity contribution in [2.45, 2.75) is 6.54 Å². The summed E-state index contributed by atoms with van der Waals surface area (Å²) in [7, 11) is 2.07. The Balaban J connectivity index is 2.58. The van der Waals surface area contributed by atoms with Crippen molar-refractivity contribution in [1.82, 2.24) is 4.90 Å². The quantitative estimate of drug-likeness (QED) is 0.756. The Hall–Kier alpha value is -0.180. The van der Waals surface area contributed by atoms with E-state index in [9.17, 15) is 0 Å². The lowest BCUT2D eigenvalue weighted by molar-refractivity contribution is 0.349. The lowest BCUT2D eigenvalue weighted by Gasteiger charge is -2.15. The van der Waals surface area contributed by atoms with Gasteiger partial charge in [-0.05, 0) is 18.7 Å². The van der Waals surface area contributed by atoms with Crippen LogP contribution in [0, 0.1) is 0 Å². The van der Waals surface area contributed by atoms with Crippen LogP contribution in [0.15, 0.2) is 24.3 Å². The molecule has 0 saturated carbocycles. The molecular weight excluding hydrogens is 202 g/mol. The van der Waals surface area contributed by atoms with Gasteiger partial charge in [-0.15, -0.1) is 0 Å². The van der Waals surface area contributed by atoms with Crippen molar-refractivity contribution in [3.63, 3.8) is 0 Å². The summed E-state index contributed by atoms with van der Waals surface area (Å²) in [5.74, 6) is 0.876. The van der Waals surface area contributed by atoms with Crippen LogP contribution in [0.1, 0.15) is 5.56 Å². The van der Waals surface area contributed by atoms with E-state index >= 15 is 0 Å². The molecule has 0 heterocycles. The molecule has 0 fully saturated rings. The van der Waals surface area contributed by atoms with Crippen LogP contribution in [0.2, 0.25) is 5.02 Å². The first-order chi connectivity index (χ1) is 6.24. The summed E-state index contributed by atoms with van der Waals surface area (Å²) in [6.07, 6.45) is 0. The monoisotopic (exact) mass is 215 g/mol. The molecule has 0 atom stereocenters. The lowest BCUT2D eigenvalue weighted by atomic mass is 10.2. The smallest absolute Gasteiger partial charge is 0.0451 e. The van der Waals surface area contributed by atoms with Crippen LogP contribution in [0.25, 0.3) is 0 Å². The molecular formula is C10H14ClNS. The van der Waals surface area contributed by atoms with Crippen molar-refractivity contribution in [2.75, 3.05) is 19.3 Å². The number of nitrogens with zero attached hydrogens (tertiary/aromatic N) is 1. The second-order valence-electron chi connectivity index (χ2n) is 3.05. The van der Waals surface area contributed by atoms with Gasteiger partial charge in [-0.2, -0.15) is 12.6 Å². The molecule has 1 nitrogen and oxygen atoms in total. The van der Waals surface area contributed by atoms with Crippen molar-refractivity contribution in [2.24, 2.45) is 0 Å². The van der Waals surface area contributed by atoms with Crippen LogP contribution < -0.4 is 0 Å². The number of thiol groups is 1. The molecule has 0 aliphatic carbocycles. The first kappa shape index (κ1) is 10.9. The Bertz CT molecular complexity index is 265. The molecule has 13 heavy (non-hydrogen) atoms. The highest BCUT2D eigenvalue weighted by atomic mass is 35.5. The van der Waals surface area contributed by atoms with Crippen molar-refractivity contribution in [1.29, 1.82) is 0 Å². The minimum absolute atomic E-state index is 0.841. The number of rotatable bonds is 4. The average molecular weight is 216 g/mol. The van der Waals surface area contributed by atoms with E-state index in [1.807, 2.05) is 18.2 Å². The van der Waals surface area contributed by atoms with Gasteiger partial charge in [0.2, 0.25) is 0 Å². The first-order valence-electron chi connectivity index (χ1n) is 4.27. The Labute approximate surface area is 90.1 Å². The predicted octanol–water partition coefficient (Wildman–Crippen LogP) is 2.70. The molecule has 0 amide bonds. The third-order valence-electron chi connectivity index (χ3n) is 1.88. The van der Waals surface area contributed by atoms with Gasteiger partial charge in [-0.1, -0.05) is 29.8 Å².